The average Bonchev–Trinajstić information content (AvgIpc) is 3.56. The quantitative estimate of drug-likeness (QED) is 0.392. The van der Waals surface area contributed by atoms with Crippen LogP contribution in [0, 0.1) is 0 Å². The van der Waals surface area contributed by atoms with Crippen LogP contribution in [0.2, 0.25) is 0 Å². The van der Waals surface area contributed by atoms with E-state index >= 15 is 0 Å². The summed E-state index contributed by atoms with van der Waals surface area (Å²) in [6.07, 6.45) is 4.17. The number of aromatic hydroxyl groups is 1. The molecule has 0 aliphatic carbocycles. The number of phenols is 1. The second kappa shape index (κ2) is 7.75. The van der Waals surface area contributed by atoms with Crippen molar-refractivity contribution in [1.29, 1.82) is 0 Å². The lowest BCUT2D eigenvalue weighted by Crippen LogP contribution is -2.27. The van der Waals surface area contributed by atoms with Gasteiger partial charge in [0.25, 0.3) is 0 Å². The van der Waals surface area contributed by atoms with Crippen LogP contribution in [0.25, 0.3) is 28.0 Å². The van der Waals surface area contributed by atoms with Crippen LogP contribution >= 0.6 is 0 Å². The first-order valence-corrected chi connectivity index (χ1v) is 11.7. The van der Waals surface area contributed by atoms with Crippen molar-refractivity contribution >= 4 is 22.5 Å². The molecule has 7 rings (SSSR count). The number of phenolic OH excluding ortho intramolecular Hbond substituents is 1. The highest BCUT2D eigenvalue weighted by Gasteiger charge is 2.35. The van der Waals surface area contributed by atoms with Gasteiger partial charge in [-0.25, -0.2) is 0 Å². The molecule has 1 N–H and O–H groups in total. The van der Waals surface area contributed by atoms with Crippen molar-refractivity contribution in [2.24, 2.45) is 0 Å². The standard InChI is InChI=1S/C29H23NO6/c1-30-21(8-3-16-4-9-22(31)24(11-16)32-2)27-18(7-10-23-29(27)36-15-33-23)19-6-5-17-12-25-26(35-14-34-25)13-20(17)28(19)30/h3-13,21,31H,14-15H2,1-2H3/b8-3+. The van der Waals surface area contributed by atoms with E-state index in [1.54, 1.807) is 13.2 Å². The van der Waals surface area contributed by atoms with Crippen molar-refractivity contribution in [2.75, 3.05) is 32.6 Å². The molecule has 4 aromatic rings. The molecule has 36 heavy (non-hydrogen) atoms. The number of fused-ring (bicyclic) bond motifs is 8. The number of hydrogen-bond acceptors (Lipinski definition) is 7. The monoisotopic (exact) mass is 481 g/mol. The zero-order valence-electron chi connectivity index (χ0n) is 19.8. The Bertz CT molecular complexity index is 1580. The van der Waals surface area contributed by atoms with E-state index in [4.69, 9.17) is 23.7 Å². The third-order valence-electron chi connectivity index (χ3n) is 7.09. The molecule has 7 heteroatoms. The molecule has 0 aromatic heterocycles. The summed E-state index contributed by atoms with van der Waals surface area (Å²) in [5, 5.41) is 12.2. The van der Waals surface area contributed by atoms with Gasteiger partial charge in [-0.3, -0.25) is 0 Å². The zero-order chi connectivity index (χ0) is 24.4. The molecule has 4 aromatic carbocycles. The van der Waals surface area contributed by atoms with Gasteiger partial charge < -0.3 is 33.7 Å². The number of rotatable bonds is 3. The van der Waals surface area contributed by atoms with E-state index in [0.717, 1.165) is 61.7 Å². The Morgan fingerprint density at radius 3 is 2.53 bits per heavy atom. The molecule has 3 aliphatic rings. The van der Waals surface area contributed by atoms with Crippen LogP contribution in [0.1, 0.15) is 17.2 Å². The molecule has 3 aliphatic heterocycles. The molecular weight excluding hydrogens is 458 g/mol. The second-order valence-corrected chi connectivity index (χ2v) is 9.00. The highest BCUT2D eigenvalue weighted by Crippen LogP contribution is 2.54. The van der Waals surface area contributed by atoms with Crippen LogP contribution < -0.4 is 28.6 Å². The summed E-state index contributed by atoms with van der Waals surface area (Å²) in [5.74, 6) is 3.58. The zero-order valence-corrected chi connectivity index (χ0v) is 19.8. The fraction of sp³-hybridized carbons (Fsp3) is 0.172. The third-order valence-corrected chi connectivity index (χ3v) is 7.09. The number of hydrogen-bond donors (Lipinski definition) is 1. The Kier molecular flexibility index (Phi) is 4.48. The van der Waals surface area contributed by atoms with Crippen LogP contribution in [0.15, 0.2) is 60.7 Å². The molecule has 0 spiro atoms. The predicted octanol–water partition coefficient (Wildman–Crippen LogP) is 5.88. The molecule has 180 valence electrons. The van der Waals surface area contributed by atoms with Crippen molar-refractivity contribution in [1.82, 2.24) is 0 Å². The SMILES string of the molecule is COc1cc(/C=C/C2c3c(ccc4c3OCO4)-c3ccc4cc5c(cc4c3N2C)OCO5)ccc1O. The predicted molar refractivity (Wildman–Crippen MR) is 136 cm³/mol. The fourth-order valence-electron chi connectivity index (χ4n) is 5.38. The van der Waals surface area contributed by atoms with Gasteiger partial charge >= 0.3 is 0 Å². The van der Waals surface area contributed by atoms with Crippen molar-refractivity contribution in [3.63, 3.8) is 0 Å². The van der Waals surface area contributed by atoms with E-state index in [0.29, 0.717) is 5.75 Å². The second-order valence-electron chi connectivity index (χ2n) is 9.00. The molecule has 0 amide bonds. The molecule has 0 fully saturated rings. The molecule has 0 saturated heterocycles. The molecule has 0 radical (unpaired) electrons. The van der Waals surface area contributed by atoms with Gasteiger partial charge in [0.15, 0.2) is 34.5 Å². The minimum absolute atomic E-state index is 0.109. The molecule has 3 heterocycles. The van der Waals surface area contributed by atoms with E-state index in [2.05, 4.69) is 42.3 Å². The Labute approximate surface area is 207 Å². The Hall–Kier alpha value is -4.52. The number of nitrogens with zero attached hydrogens (tertiary/aromatic N) is 1. The van der Waals surface area contributed by atoms with Gasteiger partial charge in [-0.05, 0) is 52.9 Å². The Morgan fingerprint density at radius 1 is 0.889 bits per heavy atom. The highest BCUT2D eigenvalue weighted by molar-refractivity contribution is 6.06. The van der Waals surface area contributed by atoms with Gasteiger partial charge in [0.2, 0.25) is 13.6 Å². The summed E-state index contributed by atoms with van der Waals surface area (Å²) in [7, 11) is 3.63. The number of likely N-dealkylation sites (N-methyl/N-ethyl adjacent to an activating group) is 1. The van der Waals surface area contributed by atoms with Crippen LogP contribution in [-0.2, 0) is 0 Å². The summed E-state index contributed by atoms with van der Waals surface area (Å²) < 4.78 is 28.3. The van der Waals surface area contributed by atoms with Gasteiger partial charge in [0.05, 0.1) is 18.8 Å². The maximum atomic E-state index is 10.00. The van der Waals surface area contributed by atoms with Crippen LogP contribution in [-0.4, -0.2) is 32.8 Å². The summed E-state index contributed by atoms with van der Waals surface area (Å²) in [5.41, 5.74) is 5.30. The topological polar surface area (TPSA) is 69.6 Å². The summed E-state index contributed by atoms with van der Waals surface area (Å²) >= 11 is 0. The van der Waals surface area contributed by atoms with Crippen molar-refractivity contribution in [2.45, 2.75) is 6.04 Å². The van der Waals surface area contributed by atoms with Crippen molar-refractivity contribution in [3.05, 3.63) is 71.8 Å². The number of anilines is 1. The summed E-state index contributed by atoms with van der Waals surface area (Å²) in [4.78, 5) is 2.26. The number of methoxy groups -OCH3 is 1. The maximum Gasteiger partial charge on any atom is 0.231 e. The first-order chi connectivity index (χ1) is 17.6. The normalized spacial score (nSPS) is 16.9. The van der Waals surface area contributed by atoms with E-state index in [1.807, 2.05) is 30.3 Å². The van der Waals surface area contributed by atoms with Crippen molar-refractivity contribution in [3.8, 4) is 45.6 Å². The molecule has 0 saturated carbocycles. The number of ether oxygens (including phenoxy) is 5. The maximum absolute atomic E-state index is 10.00. The van der Waals surface area contributed by atoms with Gasteiger partial charge in [-0.15, -0.1) is 0 Å². The first-order valence-electron chi connectivity index (χ1n) is 11.7. The number of benzene rings is 4. The van der Waals surface area contributed by atoms with Gasteiger partial charge in [-0.1, -0.05) is 30.4 Å². The third kappa shape index (κ3) is 2.99. The van der Waals surface area contributed by atoms with Crippen LogP contribution in [0.4, 0.5) is 5.69 Å². The molecule has 7 nitrogen and oxygen atoms in total. The minimum atomic E-state index is -0.139. The lowest BCUT2D eigenvalue weighted by atomic mass is 9.85. The molecular formula is C29H23NO6. The largest absolute Gasteiger partial charge is 0.504 e. The minimum Gasteiger partial charge on any atom is -0.504 e. The molecule has 1 unspecified atom stereocenters. The molecule has 1 atom stereocenters. The van der Waals surface area contributed by atoms with Gasteiger partial charge in [0, 0.05) is 23.6 Å². The van der Waals surface area contributed by atoms with Crippen LogP contribution in [0.5, 0.6) is 34.5 Å². The first kappa shape index (κ1) is 20.8. The lowest BCUT2D eigenvalue weighted by Gasteiger charge is -2.37. The average molecular weight is 482 g/mol. The fourth-order valence-corrected chi connectivity index (χ4v) is 5.38. The Morgan fingerprint density at radius 2 is 1.67 bits per heavy atom. The lowest BCUT2D eigenvalue weighted by molar-refractivity contribution is 0.173. The summed E-state index contributed by atoms with van der Waals surface area (Å²) in [6.45, 7) is 0.437. The van der Waals surface area contributed by atoms with Gasteiger partial charge in [-0.2, -0.15) is 0 Å². The van der Waals surface area contributed by atoms with E-state index < -0.39 is 0 Å². The van der Waals surface area contributed by atoms with E-state index in [9.17, 15) is 5.11 Å². The van der Waals surface area contributed by atoms with E-state index in [-0.39, 0.29) is 25.4 Å². The smallest absolute Gasteiger partial charge is 0.231 e. The highest BCUT2D eigenvalue weighted by atomic mass is 16.7. The summed E-state index contributed by atoms with van der Waals surface area (Å²) in [6, 6.07) is 17.6. The van der Waals surface area contributed by atoms with Crippen LogP contribution in [0.3, 0.4) is 0 Å². The molecule has 0 bridgehead atoms. The van der Waals surface area contributed by atoms with E-state index in [1.165, 1.54) is 0 Å². The van der Waals surface area contributed by atoms with Gasteiger partial charge in [0.1, 0.15) is 0 Å². The van der Waals surface area contributed by atoms with Crippen molar-refractivity contribution < 1.29 is 28.8 Å². The Balaban J connectivity index is 1.43.